The molecule has 1 fully saturated rings. The molecule has 4 unspecified atom stereocenters. The highest BCUT2D eigenvalue weighted by atomic mass is 16.5. The highest BCUT2D eigenvalue weighted by Gasteiger charge is 2.56. The highest BCUT2D eigenvalue weighted by Crippen LogP contribution is 2.63. The zero-order chi connectivity index (χ0) is 16.5. The van der Waals surface area contributed by atoms with Gasteiger partial charge in [0.1, 0.15) is 5.76 Å². The van der Waals surface area contributed by atoms with Crippen LogP contribution in [-0.2, 0) is 12.8 Å². The molecule has 0 radical (unpaired) electrons. The first-order valence-corrected chi connectivity index (χ1v) is 8.65. The molecule has 1 saturated carbocycles. The second-order valence-electron chi connectivity index (χ2n) is 7.92. The van der Waals surface area contributed by atoms with Gasteiger partial charge in [-0.3, -0.25) is 0 Å². The number of aromatic nitrogens is 2. The summed E-state index contributed by atoms with van der Waals surface area (Å²) in [5, 5.41) is 8.03. The lowest BCUT2D eigenvalue weighted by atomic mass is 9.47. The standard InChI is InChI=1S/C20H20N2O2/c1-4-20-6-5-15-12(2)18-14(11-22-24-18)8-19(15,3)17(20)7-16-13(9-20)10-21-23-16/h1,7,10-12,15H,5-6,8-9H2,2-3H3. The normalized spacial score (nSPS) is 36.6. The number of hydrogen-bond donors (Lipinski definition) is 0. The molecule has 2 aromatic rings. The van der Waals surface area contributed by atoms with Gasteiger partial charge in [-0.1, -0.05) is 30.1 Å². The van der Waals surface area contributed by atoms with E-state index in [4.69, 9.17) is 15.5 Å². The summed E-state index contributed by atoms with van der Waals surface area (Å²) in [5.41, 5.74) is 3.49. The Morgan fingerprint density at radius 2 is 2.00 bits per heavy atom. The monoisotopic (exact) mass is 320 g/mol. The van der Waals surface area contributed by atoms with Crippen molar-refractivity contribution in [1.29, 1.82) is 0 Å². The maximum Gasteiger partial charge on any atom is 0.162 e. The lowest BCUT2D eigenvalue weighted by molar-refractivity contribution is 0.0831. The maximum atomic E-state index is 6.09. The summed E-state index contributed by atoms with van der Waals surface area (Å²) in [6, 6.07) is 0. The van der Waals surface area contributed by atoms with Crippen molar-refractivity contribution in [2.75, 3.05) is 0 Å². The van der Waals surface area contributed by atoms with Crippen LogP contribution in [-0.4, -0.2) is 10.3 Å². The third-order valence-electron chi connectivity index (χ3n) is 6.80. The Morgan fingerprint density at radius 1 is 1.21 bits per heavy atom. The van der Waals surface area contributed by atoms with Crippen molar-refractivity contribution in [2.24, 2.45) is 16.7 Å². The van der Waals surface area contributed by atoms with Crippen LogP contribution in [0.2, 0.25) is 0 Å². The van der Waals surface area contributed by atoms with Crippen molar-refractivity contribution in [3.63, 3.8) is 0 Å². The number of terminal acetylenes is 1. The van der Waals surface area contributed by atoms with E-state index in [2.05, 4.69) is 36.2 Å². The minimum absolute atomic E-state index is 0.00701. The van der Waals surface area contributed by atoms with Crippen molar-refractivity contribution in [1.82, 2.24) is 10.3 Å². The summed E-state index contributed by atoms with van der Waals surface area (Å²) in [7, 11) is 0. The van der Waals surface area contributed by atoms with Crippen molar-refractivity contribution in [3.05, 3.63) is 40.6 Å². The van der Waals surface area contributed by atoms with E-state index in [1.807, 2.05) is 12.4 Å². The zero-order valence-electron chi connectivity index (χ0n) is 14.0. The summed E-state index contributed by atoms with van der Waals surface area (Å²) in [5.74, 6) is 5.96. The van der Waals surface area contributed by atoms with Crippen LogP contribution in [0.15, 0.2) is 27.0 Å². The van der Waals surface area contributed by atoms with E-state index in [1.165, 1.54) is 11.1 Å². The predicted molar refractivity (Wildman–Crippen MR) is 88.9 cm³/mol. The van der Waals surface area contributed by atoms with Gasteiger partial charge >= 0.3 is 0 Å². The smallest absolute Gasteiger partial charge is 0.162 e. The SMILES string of the molecule is C#CC12CCC3C(C)c4oncc4CC3(C)C1=Cc1oncc1C2. The van der Waals surface area contributed by atoms with Crippen LogP contribution in [0, 0.1) is 29.1 Å². The van der Waals surface area contributed by atoms with E-state index in [0.29, 0.717) is 11.8 Å². The fraction of sp³-hybridized carbons (Fsp3) is 0.500. The van der Waals surface area contributed by atoms with E-state index in [1.54, 1.807) is 0 Å². The van der Waals surface area contributed by atoms with Crippen LogP contribution in [0.25, 0.3) is 6.08 Å². The molecule has 2 aromatic heterocycles. The molecule has 0 aromatic carbocycles. The van der Waals surface area contributed by atoms with Crippen molar-refractivity contribution >= 4 is 6.08 Å². The molecule has 2 heterocycles. The van der Waals surface area contributed by atoms with Crippen LogP contribution >= 0.6 is 0 Å². The first kappa shape index (κ1) is 14.1. The minimum atomic E-state index is -0.210. The second kappa shape index (κ2) is 4.42. The number of rotatable bonds is 0. The van der Waals surface area contributed by atoms with Gasteiger partial charge in [0.2, 0.25) is 0 Å². The number of nitrogens with zero attached hydrogens (tertiary/aromatic N) is 2. The van der Waals surface area contributed by atoms with Gasteiger partial charge in [0.25, 0.3) is 0 Å². The lowest BCUT2D eigenvalue weighted by Gasteiger charge is -2.55. The van der Waals surface area contributed by atoms with Gasteiger partial charge in [-0.15, -0.1) is 6.42 Å². The van der Waals surface area contributed by atoms with Gasteiger partial charge < -0.3 is 9.05 Å². The van der Waals surface area contributed by atoms with Gasteiger partial charge in [0, 0.05) is 17.0 Å². The summed E-state index contributed by atoms with van der Waals surface area (Å²) in [6.07, 6.45) is 15.9. The molecule has 4 nitrogen and oxygen atoms in total. The van der Waals surface area contributed by atoms with Crippen LogP contribution in [0.4, 0.5) is 0 Å². The van der Waals surface area contributed by atoms with Crippen molar-refractivity contribution in [3.8, 4) is 12.3 Å². The highest BCUT2D eigenvalue weighted by molar-refractivity contribution is 5.62. The second-order valence-corrected chi connectivity index (χ2v) is 7.92. The molecular formula is C20H20N2O2. The Morgan fingerprint density at radius 3 is 2.83 bits per heavy atom. The molecular weight excluding hydrogens is 300 g/mol. The van der Waals surface area contributed by atoms with E-state index < -0.39 is 0 Å². The van der Waals surface area contributed by atoms with Gasteiger partial charge in [-0.2, -0.15) is 0 Å². The molecule has 3 aliphatic rings. The first-order valence-electron chi connectivity index (χ1n) is 8.65. The molecule has 5 rings (SSSR count). The Labute approximate surface area is 141 Å². The quantitative estimate of drug-likeness (QED) is 0.689. The number of hydrogen-bond acceptors (Lipinski definition) is 4. The molecule has 4 heteroatoms. The summed E-state index contributed by atoms with van der Waals surface area (Å²) >= 11 is 0. The molecule has 4 atom stereocenters. The third-order valence-corrected chi connectivity index (χ3v) is 6.80. The van der Waals surface area contributed by atoms with Gasteiger partial charge in [-0.25, -0.2) is 0 Å². The summed E-state index contributed by atoms with van der Waals surface area (Å²) in [4.78, 5) is 0. The molecule has 122 valence electrons. The zero-order valence-corrected chi connectivity index (χ0v) is 14.0. The molecule has 0 N–H and O–H groups in total. The van der Waals surface area contributed by atoms with Crippen LogP contribution in [0.5, 0.6) is 0 Å². The van der Waals surface area contributed by atoms with E-state index in [-0.39, 0.29) is 10.8 Å². The molecule has 3 aliphatic carbocycles. The van der Waals surface area contributed by atoms with Gasteiger partial charge in [-0.05, 0) is 48.7 Å². The fourth-order valence-electron chi connectivity index (χ4n) is 5.65. The average Bonchev–Trinajstić information content (AvgIpc) is 3.21. The Balaban J connectivity index is 1.73. The molecule has 0 saturated heterocycles. The Kier molecular flexibility index (Phi) is 2.59. The first-order chi connectivity index (χ1) is 11.6. The summed E-state index contributed by atoms with van der Waals surface area (Å²) in [6.45, 7) is 4.63. The van der Waals surface area contributed by atoms with Crippen LogP contribution < -0.4 is 0 Å². The van der Waals surface area contributed by atoms with E-state index in [0.717, 1.165) is 42.8 Å². The predicted octanol–water partition coefficient (Wildman–Crippen LogP) is 4.00. The maximum absolute atomic E-state index is 6.09. The van der Waals surface area contributed by atoms with E-state index in [9.17, 15) is 0 Å². The molecule has 0 bridgehead atoms. The third kappa shape index (κ3) is 1.55. The molecule has 0 aliphatic heterocycles. The number of allylic oxidation sites excluding steroid dienone is 1. The topological polar surface area (TPSA) is 52.1 Å². The van der Waals surface area contributed by atoms with Crippen molar-refractivity contribution < 1.29 is 9.05 Å². The Hall–Kier alpha value is -2.28. The fourth-order valence-corrected chi connectivity index (χ4v) is 5.65. The lowest BCUT2D eigenvalue weighted by Crippen LogP contribution is -2.49. The van der Waals surface area contributed by atoms with Gasteiger partial charge in [0.05, 0.1) is 17.8 Å². The van der Waals surface area contributed by atoms with Crippen molar-refractivity contribution in [2.45, 2.75) is 45.4 Å². The van der Waals surface area contributed by atoms with Crippen LogP contribution in [0.1, 0.15) is 55.3 Å². The molecule has 24 heavy (non-hydrogen) atoms. The molecule has 0 amide bonds. The van der Waals surface area contributed by atoms with E-state index >= 15 is 0 Å². The average molecular weight is 320 g/mol. The van der Waals surface area contributed by atoms with Crippen LogP contribution in [0.3, 0.4) is 0 Å². The largest absolute Gasteiger partial charge is 0.361 e. The molecule has 0 spiro atoms. The van der Waals surface area contributed by atoms with Gasteiger partial charge in [0.15, 0.2) is 5.76 Å². The summed E-state index contributed by atoms with van der Waals surface area (Å²) < 4.78 is 11.0. The minimum Gasteiger partial charge on any atom is -0.361 e. The Bertz CT molecular complexity index is 899. The number of fused-ring (bicyclic) bond motifs is 5.